The molecule has 1 aliphatic rings. The van der Waals surface area contributed by atoms with E-state index in [1.807, 2.05) is 70.2 Å². The van der Waals surface area contributed by atoms with Gasteiger partial charge >= 0.3 is 13.2 Å². The van der Waals surface area contributed by atoms with Gasteiger partial charge in [-0.1, -0.05) is 42.3 Å². The Morgan fingerprint density at radius 1 is 1.10 bits per heavy atom. The van der Waals surface area contributed by atoms with E-state index < -0.39 is 13.2 Å². The molecule has 0 spiro atoms. The summed E-state index contributed by atoms with van der Waals surface area (Å²) in [6.07, 6.45) is 1.78. The number of rotatable bonds is 5. The molecular formula is C23H27BN2O4. The normalized spacial score (nSPS) is 16.5. The molecule has 7 heteroatoms. The number of aromatic nitrogens is 1. The number of nitrogens with one attached hydrogen (secondary N) is 1. The van der Waals surface area contributed by atoms with Crippen LogP contribution in [0.25, 0.3) is 0 Å². The van der Waals surface area contributed by atoms with Crippen LogP contribution in [-0.4, -0.2) is 35.9 Å². The van der Waals surface area contributed by atoms with Gasteiger partial charge < -0.3 is 19.4 Å². The molecule has 0 bridgehead atoms. The predicted octanol–water partition coefficient (Wildman–Crippen LogP) is 3.05. The fourth-order valence-corrected chi connectivity index (χ4v) is 2.75. The van der Waals surface area contributed by atoms with E-state index in [2.05, 4.69) is 22.1 Å². The number of amides is 1. The quantitative estimate of drug-likeness (QED) is 0.470. The summed E-state index contributed by atoms with van der Waals surface area (Å²) in [6, 6.07) is 13.3. The van der Waals surface area contributed by atoms with Gasteiger partial charge in [-0.3, -0.25) is 0 Å². The summed E-state index contributed by atoms with van der Waals surface area (Å²) in [7, 11) is -0.435. The SMILES string of the molecule is CC1(C)OB(c2ccc(C#CCCNC(=O)OCc3ccccc3)nc2)OC1(C)C. The highest BCUT2D eigenvalue weighted by atomic mass is 16.7. The van der Waals surface area contributed by atoms with Crippen molar-refractivity contribution in [3.63, 3.8) is 0 Å². The zero-order valence-electron chi connectivity index (χ0n) is 17.9. The number of hydrogen-bond acceptors (Lipinski definition) is 5. The molecule has 1 fully saturated rings. The highest BCUT2D eigenvalue weighted by molar-refractivity contribution is 6.62. The maximum atomic E-state index is 11.7. The van der Waals surface area contributed by atoms with E-state index in [4.69, 9.17) is 14.0 Å². The van der Waals surface area contributed by atoms with Gasteiger partial charge in [0, 0.05) is 24.6 Å². The lowest BCUT2D eigenvalue weighted by atomic mass is 9.80. The molecule has 3 rings (SSSR count). The molecule has 2 heterocycles. The largest absolute Gasteiger partial charge is 0.496 e. The van der Waals surface area contributed by atoms with Crippen LogP contribution in [0.1, 0.15) is 45.4 Å². The summed E-state index contributed by atoms with van der Waals surface area (Å²) >= 11 is 0. The van der Waals surface area contributed by atoms with Crippen LogP contribution >= 0.6 is 0 Å². The predicted molar refractivity (Wildman–Crippen MR) is 116 cm³/mol. The molecule has 1 aliphatic heterocycles. The van der Waals surface area contributed by atoms with Gasteiger partial charge in [-0.15, -0.1) is 0 Å². The van der Waals surface area contributed by atoms with Crippen molar-refractivity contribution in [3.05, 3.63) is 59.9 Å². The fraction of sp³-hybridized carbons (Fsp3) is 0.391. The van der Waals surface area contributed by atoms with E-state index >= 15 is 0 Å². The topological polar surface area (TPSA) is 69.7 Å². The van der Waals surface area contributed by atoms with Gasteiger partial charge in [0.25, 0.3) is 0 Å². The monoisotopic (exact) mass is 406 g/mol. The molecule has 0 atom stereocenters. The van der Waals surface area contributed by atoms with E-state index in [1.165, 1.54) is 0 Å². The van der Waals surface area contributed by atoms with Gasteiger partial charge in [0.05, 0.1) is 11.2 Å². The maximum Gasteiger partial charge on any atom is 0.496 e. The number of carbonyl (C=O) groups excluding carboxylic acids is 1. The third-order valence-electron chi connectivity index (χ3n) is 5.26. The Kier molecular flexibility index (Phi) is 6.81. The molecule has 156 valence electrons. The Bertz CT molecular complexity index is 902. The Balaban J connectivity index is 1.41. The number of carbonyl (C=O) groups is 1. The molecule has 6 nitrogen and oxygen atoms in total. The van der Waals surface area contributed by atoms with Gasteiger partial charge in [0.15, 0.2) is 0 Å². The summed E-state index contributed by atoms with van der Waals surface area (Å²) < 4.78 is 17.2. The van der Waals surface area contributed by atoms with Crippen molar-refractivity contribution >= 4 is 18.7 Å². The summed E-state index contributed by atoms with van der Waals surface area (Å²) in [5.74, 6) is 5.99. The second-order valence-electron chi connectivity index (χ2n) is 8.11. The number of alkyl carbamates (subject to hydrolysis) is 1. The average molecular weight is 406 g/mol. The van der Waals surface area contributed by atoms with Crippen LogP contribution in [0.4, 0.5) is 4.79 Å². The lowest BCUT2D eigenvalue weighted by molar-refractivity contribution is 0.00578. The van der Waals surface area contributed by atoms with Gasteiger partial charge in [0.2, 0.25) is 0 Å². The Hall–Kier alpha value is -2.82. The summed E-state index contributed by atoms with van der Waals surface area (Å²) in [5, 5.41) is 2.68. The first-order valence-electron chi connectivity index (χ1n) is 10.0. The Labute approximate surface area is 178 Å². The number of benzene rings is 1. The first kappa shape index (κ1) is 21.9. The highest BCUT2D eigenvalue weighted by Crippen LogP contribution is 2.36. The third-order valence-corrected chi connectivity index (χ3v) is 5.26. The number of nitrogens with zero attached hydrogens (tertiary/aromatic N) is 1. The van der Waals surface area contributed by atoms with Crippen molar-refractivity contribution in [1.29, 1.82) is 0 Å². The molecule has 0 aliphatic carbocycles. The first-order valence-corrected chi connectivity index (χ1v) is 10.0. The van der Waals surface area contributed by atoms with Crippen LogP contribution in [-0.2, 0) is 20.7 Å². The molecule has 1 aromatic heterocycles. The maximum absolute atomic E-state index is 11.7. The molecule has 2 aromatic rings. The summed E-state index contributed by atoms with van der Waals surface area (Å²) in [4.78, 5) is 16.1. The number of ether oxygens (including phenoxy) is 1. The molecule has 1 N–H and O–H groups in total. The van der Waals surface area contributed by atoms with E-state index in [9.17, 15) is 4.79 Å². The van der Waals surface area contributed by atoms with Gasteiger partial charge in [-0.05, 0) is 45.2 Å². The van der Waals surface area contributed by atoms with E-state index in [-0.39, 0.29) is 17.8 Å². The van der Waals surface area contributed by atoms with Crippen LogP contribution in [0.5, 0.6) is 0 Å². The average Bonchev–Trinajstić information content (AvgIpc) is 2.94. The summed E-state index contributed by atoms with van der Waals surface area (Å²) in [5.41, 5.74) is 1.70. The molecule has 0 saturated carbocycles. The van der Waals surface area contributed by atoms with Gasteiger partial charge in [0.1, 0.15) is 12.3 Å². The minimum atomic E-state index is -0.453. The van der Waals surface area contributed by atoms with Gasteiger partial charge in [-0.2, -0.15) is 0 Å². The molecule has 1 aromatic carbocycles. The molecule has 1 saturated heterocycles. The molecular weight excluding hydrogens is 379 g/mol. The van der Waals surface area contributed by atoms with Crippen molar-refractivity contribution in [2.24, 2.45) is 0 Å². The van der Waals surface area contributed by atoms with Gasteiger partial charge in [-0.25, -0.2) is 9.78 Å². The van der Waals surface area contributed by atoms with Crippen molar-refractivity contribution in [1.82, 2.24) is 10.3 Å². The second kappa shape index (κ2) is 9.33. The minimum Gasteiger partial charge on any atom is -0.445 e. The first-order chi connectivity index (χ1) is 14.3. The van der Waals surface area contributed by atoms with Crippen LogP contribution in [0.15, 0.2) is 48.7 Å². The van der Waals surface area contributed by atoms with Crippen molar-refractivity contribution < 1.29 is 18.8 Å². The molecule has 0 unspecified atom stereocenters. The second-order valence-corrected chi connectivity index (χ2v) is 8.11. The van der Waals surface area contributed by atoms with E-state index in [0.717, 1.165) is 11.0 Å². The highest BCUT2D eigenvalue weighted by Gasteiger charge is 2.51. The zero-order valence-corrected chi connectivity index (χ0v) is 17.9. The fourth-order valence-electron chi connectivity index (χ4n) is 2.75. The minimum absolute atomic E-state index is 0.247. The zero-order chi connectivity index (χ0) is 21.6. The summed E-state index contributed by atoms with van der Waals surface area (Å²) in [6.45, 7) is 8.74. The number of hydrogen-bond donors (Lipinski definition) is 1. The standard InChI is InChI=1S/C23H27BN2O4/c1-22(2)23(3,4)30-24(29-22)19-13-14-20(26-16-19)12-8-9-15-25-21(27)28-17-18-10-6-5-7-11-18/h5-7,10-11,13-14,16H,9,15,17H2,1-4H3,(H,25,27). The Morgan fingerprint density at radius 3 is 2.43 bits per heavy atom. The van der Waals surface area contributed by atoms with Crippen LogP contribution < -0.4 is 10.8 Å². The third kappa shape index (κ3) is 5.62. The lowest BCUT2D eigenvalue weighted by Crippen LogP contribution is -2.41. The van der Waals surface area contributed by atoms with Crippen LogP contribution in [0.3, 0.4) is 0 Å². The Morgan fingerprint density at radius 2 is 1.80 bits per heavy atom. The number of pyridine rings is 1. The smallest absolute Gasteiger partial charge is 0.445 e. The molecule has 0 radical (unpaired) electrons. The van der Waals surface area contributed by atoms with Crippen molar-refractivity contribution in [2.45, 2.75) is 51.9 Å². The van der Waals surface area contributed by atoms with E-state index in [1.54, 1.807) is 6.20 Å². The van der Waals surface area contributed by atoms with Crippen molar-refractivity contribution in [3.8, 4) is 11.8 Å². The van der Waals surface area contributed by atoms with Crippen LogP contribution in [0.2, 0.25) is 0 Å². The van der Waals surface area contributed by atoms with E-state index in [0.29, 0.717) is 18.7 Å². The molecule has 30 heavy (non-hydrogen) atoms. The van der Waals surface area contributed by atoms with Crippen LogP contribution in [0, 0.1) is 11.8 Å². The van der Waals surface area contributed by atoms with Crippen molar-refractivity contribution in [2.75, 3.05) is 6.54 Å². The molecule has 1 amide bonds. The lowest BCUT2D eigenvalue weighted by Gasteiger charge is -2.32.